The highest BCUT2D eigenvalue weighted by Gasteiger charge is 2.14. The second kappa shape index (κ2) is 5.35. The van der Waals surface area contributed by atoms with E-state index in [4.69, 9.17) is 25.8 Å². The summed E-state index contributed by atoms with van der Waals surface area (Å²) in [5.74, 6) is 0.800. The van der Waals surface area contributed by atoms with Crippen molar-refractivity contribution in [2.45, 2.75) is 6.10 Å². The average molecular weight is 229 g/mol. The van der Waals surface area contributed by atoms with Gasteiger partial charge in [0.25, 0.3) is 0 Å². The van der Waals surface area contributed by atoms with Crippen molar-refractivity contribution in [2.24, 2.45) is 0 Å². The zero-order valence-corrected chi connectivity index (χ0v) is 9.07. The molecule has 0 amide bonds. The molecule has 0 aliphatic carbocycles. The second-order valence-electron chi connectivity index (χ2n) is 3.33. The Morgan fingerprint density at radius 3 is 2.73 bits per heavy atom. The van der Waals surface area contributed by atoms with Gasteiger partial charge in [-0.2, -0.15) is 0 Å². The van der Waals surface area contributed by atoms with Gasteiger partial charge in [0.05, 0.1) is 19.8 Å². The highest BCUT2D eigenvalue weighted by Crippen LogP contribution is 2.16. The van der Waals surface area contributed by atoms with Crippen molar-refractivity contribution in [3.8, 4) is 5.75 Å². The third kappa shape index (κ3) is 3.38. The Hall–Kier alpha value is -0.770. The summed E-state index contributed by atoms with van der Waals surface area (Å²) in [4.78, 5) is 0. The van der Waals surface area contributed by atoms with Gasteiger partial charge in [0.1, 0.15) is 18.5 Å². The third-order valence-corrected chi connectivity index (χ3v) is 2.39. The smallest absolute Gasteiger partial charge is 0.119 e. The first-order valence-corrected chi connectivity index (χ1v) is 5.30. The van der Waals surface area contributed by atoms with Crippen LogP contribution in [0.5, 0.6) is 5.75 Å². The van der Waals surface area contributed by atoms with Crippen LogP contribution in [0.2, 0.25) is 5.02 Å². The molecule has 82 valence electrons. The quantitative estimate of drug-likeness (QED) is 0.793. The molecule has 0 N–H and O–H groups in total. The maximum absolute atomic E-state index is 5.76. The van der Waals surface area contributed by atoms with Crippen molar-refractivity contribution in [3.63, 3.8) is 0 Å². The van der Waals surface area contributed by atoms with Crippen LogP contribution in [0.3, 0.4) is 0 Å². The fourth-order valence-electron chi connectivity index (χ4n) is 1.35. The molecule has 1 aliphatic heterocycles. The predicted octanol–water partition coefficient (Wildman–Crippen LogP) is 2.13. The molecule has 4 heteroatoms. The lowest BCUT2D eigenvalue weighted by molar-refractivity contribution is -0.101. The molecule has 1 aliphatic rings. The molecule has 3 nitrogen and oxygen atoms in total. The van der Waals surface area contributed by atoms with Crippen molar-refractivity contribution in [3.05, 3.63) is 29.3 Å². The number of ether oxygens (including phenoxy) is 3. The molecule has 0 unspecified atom stereocenters. The second-order valence-corrected chi connectivity index (χ2v) is 3.77. The van der Waals surface area contributed by atoms with Gasteiger partial charge in [0.15, 0.2) is 0 Å². The Morgan fingerprint density at radius 1 is 1.27 bits per heavy atom. The zero-order chi connectivity index (χ0) is 10.5. The Bertz CT molecular complexity index is 293. The Balaban J connectivity index is 1.79. The van der Waals surface area contributed by atoms with E-state index in [0.717, 1.165) is 5.75 Å². The van der Waals surface area contributed by atoms with Gasteiger partial charge in [-0.3, -0.25) is 0 Å². The van der Waals surface area contributed by atoms with E-state index >= 15 is 0 Å². The fourth-order valence-corrected chi connectivity index (χ4v) is 1.48. The minimum Gasteiger partial charge on any atom is -0.491 e. The molecule has 0 spiro atoms. The number of benzene rings is 1. The molecule has 0 radical (unpaired) electrons. The monoisotopic (exact) mass is 228 g/mol. The Kier molecular flexibility index (Phi) is 3.83. The van der Waals surface area contributed by atoms with Crippen LogP contribution in [0.1, 0.15) is 0 Å². The molecule has 1 fully saturated rings. The van der Waals surface area contributed by atoms with Gasteiger partial charge in [-0.1, -0.05) is 11.6 Å². The molecule has 1 heterocycles. The van der Waals surface area contributed by atoms with Gasteiger partial charge in [-0.25, -0.2) is 0 Å². The van der Waals surface area contributed by atoms with E-state index < -0.39 is 0 Å². The van der Waals surface area contributed by atoms with Gasteiger partial charge in [0.2, 0.25) is 0 Å². The highest BCUT2D eigenvalue weighted by atomic mass is 35.5. The molecular weight excluding hydrogens is 216 g/mol. The van der Waals surface area contributed by atoms with E-state index in [9.17, 15) is 0 Å². The van der Waals surface area contributed by atoms with Crippen molar-refractivity contribution < 1.29 is 14.2 Å². The van der Waals surface area contributed by atoms with Gasteiger partial charge in [0, 0.05) is 5.02 Å². The van der Waals surface area contributed by atoms with Gasteiger partial charge in [-0.05, 0) is 24.3 Å². The molecule has 1 saturated heterocycles. The number of rotatable bonds is 3. The molecule has 1 aromatic rings. The van der Waals surface area contributed by atoms with E-state index in [-0.39, 0.29) is 6.10 Å². The molecular formula is C11H13ClO3. The van der Waals surface area contributed by atoms with E-state index in [2.05, 4.69) is 0 Å². The summed E-state index contributed by atoms with van der Waals surface area (Å²) >= 11 is 5.76. The van der Waals surface area contributed by atoms with Crippen LogP contribution in [0.25, 0.3) is 0 Å². The lowest BCUT2D eigenvalue weighted by Gasteiger charge is -2.22. The summed E-state index contributed by atoms with van der Waals surface area (Å²) in [6.45, 7) is 2.45. The minimum absolute atomic E-state index is 0.0365. The van der Waals surface area contributed by atoms with Crippen LogP contribution in [-0.4, -0.2) is 32.5 Å². The molecule has 2 rings (SSSR count). The number of hydrogen-bond acceptors (Lipinski definition) is 3. The highest BCUT2D eigenvalue weighted by molar-refractivity contribution is 6.30. The molecule has 1 atom stereocenters. The summed E-state index contributed by atoms with van der Waals surface area (Å²) in [5.41, 5.74) is 0. The molecule has 15 heavy (non-hydrogen) atoms. The standard InChI is InChI=1S/C11H13ClO3/c12-9-1-3-10(4-2-9)15-8-11-7-13-5-6-14-11/h1-4,11H,5-8H2/t11-/m0/s1. The minimum atomic E-state index is 0.0365. The maximum Gasteiger partial charge on any atom is 0.119 e. The van der Waals surface area contributed by atoms with Gasteiger partial charge >= 0.3 is 0 Å². The molecule has 0 bridgehead atoms. The SMILES string of the molecule is Clc1ccc(OC[C@@H]2COCCO2)cc1. The molecule has 1 aromatic carbocycles. The normalized spacial score (nSPS) is 21.3. The van der Waals surface area contributed by atoms with Crippen LogP contribution >= 0.6 is 11.6 Å². The zero-order valence-electron chi connectivity index (χ0n) is 8.32. The lowest BCUT2D eigenvalue weighted by Crippen LogP contribution is -2.33. The van der Waals surface area contributed by atoms with Crippen LogP contribution in [0.4, 0.5) is 0 Å². The summed E-state index contributed by atoms with van der Waals surface area (Å²) in [6.07, 6.45) is 0.0365. The third-order valence-electron chi connectivity index (χ3n) is 2.13. The number of halogens is 1. The topological polar surface area (TPSA) is 27.7 Å². The molecule has 0 saturated carbocycles. The summed E-state index contributed by atoms with van der Waals surface area (Å²) in [7, 11) is 0. The van der Waals surface area contributed by atoms with Crippen LogP contribution in [0, 0.1) is 0 Å². The first kappa shape index (κ1) is 10.7. The maximum atomic E-state index is 5.76. The predicted molar refractivity (Wildman–Crippen MR) is 57.5 cm³/mol. The van der Waals surface area contributed by atoms with E-state index in [1.165, 1.54) is 0 Å². The van der Waals surface area contributed by atoms with E-state index in [1.807, 2.05) is 12.1 Å². The Labute approximate surface area is 93.9 Å². The molecule has 0 aromatic heterocycles. The van der Waals surface area contributed by atoms with Crippen LogP contribution in [0.15, 0.2) is 24.3 Å². The lowest BCUT2D eigenvalue weighted by atomic mass is 10.3. The van der Waals surface area contributed by atoms with Gasteiger partial charge < -0.3 is 14.2 Å². The summed E-state index contributed by atoms with van der Waals surface area (Å²) in [5, 5.41) is 0.708. The summed E-state index contributed by atoms with van der Waals surface area (Å²) < 4.78 is 16.2. The fraction of sp³-hybridized carbons (Fsp3) is 0.455. The van der Waals surface area contributed by atoms with E-state index in [0.29, 0.717) is 31.5 Å². The number of hydrogen-bond donors (Lipinski definition) is 0. The van der Waals surface area contributed by atoms with Crippen LogP contribution < -0.4 is 4.74 Å². The van der Waals surface area contributed by atoms with Crippen LogP contribution in [-0.2, 0) is 9.47 Å². The van der Waals surface area contributed by atoms with Crippen molar-refractivity contribution >= 4 is 11.6 Å². The van der Waals surface area contributed by atoms with Gasteiger partial charge in [-0.15, -0.1) is 0 Å². The summed E-state index contributed by atoms with van der Waals surface area (Å²) in [6, 6.07) is 7.28. The van der Waals surface area contributed by atoms with E-state index in [1.54, 1.807) is 12.1 Å². The van der Waals surface area contributed by atoms with Crippen molar-refractivity contribution in [1.29, 1.82) is 0 Å². The average Bonchev–Trinajstić information content (AvgIpc) is 2.30. The first-order valence-electron chi connectivity index (χ1n) is 4.92. The Morgan fingerprint density at radius 2 is 2.07 bits per heavy atom. The van der Waals surface area contributed by atoms with Crippen molar-refractivity contribution in [1.82, 2.24) is 0 Å². The first-order chi connectivity index (χ1) is 7.34. The van der Waals surface area contributed by atoms with Crippen molar-refractivity contribution in [2.75, 3.05) is 26.4 Å². The largest absolute Gasteiger partial charge is 0.491 e.